The van der Waals surface area contributed by atoms with Crippen LogP contribution in [0.15, 0.2) is 41.5 Å². The topological polar surface area (TPSA) is 89.8 Å². The summed E-state index contributed by atoms with van der Waals surface area (Å²) in [6, 6.07) is 6.57. The Morgan fingerprint density at radius 1 is 1.28 bits per heavy atom. The number of aromatic nitrogens is 4. The van der Waals surface area contributed by atoms with Gasteiger partial charge < -0.3 is 5.32 Å². The van der Waals surface area contributed by atoms with Crippen LogP contribution in [0.5, 0.6) is 0 Å². The number of aryl methyl sites for hydroxylation is 2. The first-order valence-electron chi connectivity index (χ1n) is 7.75. The lowest BCUT2D eigenvalue weighted by Gasteiger charge is -2.08. The van der Waals surface area contributed by atoms with E-state index >= 15 is 0 Å². The van der Waals surface area contributed by atoms with Crippen LogP contribution in [0.2, 0.25) is 0 Å². The van der Waals surface area contributed by atoms with Crippen LogP contribution in [0.3, 0.4) is 0 Å². The van der Waals surface area contributed by atoms with Gasteiger partial charge in [-0.05, 0) is 32.0 Å². The molecule has 0 aromatic carbocycles. The van der Waals surface area contributed by atoms with E-state index < -0.39 is 0 Å². The number of thiazole rings is 1. The maximum absolute atomic E-state index is 12.0. The first-order valence-corrected chi connectivity index (χ1v) is 8.57. The van der Waals surface area contributed by atoms with E-state index in [2.05, 4.69) is 20.4 Å². The zero-order valence-electron chi connectivity index (χ0n) is 13.9. The minimum absolute atomic E-state index is 0.210. The summed E-state index contributed by atoms with van der Waals surface area (Å²) in [5, 5.41) is 8.11. The van der Waals surface area contributed by atoms with Crippen molar-refractivity contribution in [2.24, 2.45) is 0 Å². The van der Waals surface area contributed by atoms with Crippen LogP contribution in [0.1, 0.15) is 21.1 Å². The maximum Gasteiger partial charge on any atom is 0.266 e. The average molecular weight is 355 g/mol. The third kappa shape index (κ3) is 3.97. The predicted molar refractivity (Wildman–Crippen MR) is 95.6 cm³/mol. The van der Waals surface area contributed by atoms with Gasteiger partial charge >= 0.3 is 0 Å². The molecule has 0 atom stereocenters. The number of carbonyl (C=O) groups excluding carboxylic acids is 1. The molecule has 0 radical (unpaired) electrons. The number of hydrogen-bond acceptors (Lipinski definition) is 6. The molecular formula is C17H17N5O2S. The first-order chi connectivity index (χ1) is 12.0. The fraction of sp³-hybridized carbons (Fsp3) is 0.235. The van der Waals surface area contributed by atoms with Gasteiger partial charge in [0.2, 0.25) is 0 Å². The minimum Gasteiger partial charge on any atom is -0.350 e. The Kier molecular flexibility index (Phi) is 4.99. The van der Waals surface area contributed by atoms with Crippen molar-refractivity contribution in [2.75, 3.05) is 6.54 Å². The van der Waals surface area contributed by atoms with E-state index in [0.29, 0.717) is 17.8 Å². The number of amides is 1. The molecule has 1 amide bonds. The molecule has 128 valence electrons. The van der Waals surface area contributed by atoms with Crippen LogP contribution in [0, 0.1) is 13.8 Å². The average Bonchev–Trinajstić information content (AvgIpc) is 2.95. The Bertz CT molecular complexity index is 949. The summed E-state index contributed by atoms with van der Waals surface area (Å²) in [6.45, 7) is 4.44. The van der Waals surface area contributed by atoms with Gasteiger partial charge in [-0.15, -0.1) is 11.3 Å². The number of hydrogen-bond donors (Lipinski definition) is 1. The molecule has 0 saturated heterocycles. The first kappa shape index (κ1) is 17.0. The summed E-state index contributed by atoms with van der Waals surface area (Å²) in [7, 11) is 0. The Hall–Kier alpha value is -2.87. The molecule has 1 N–H and O–H groups in total. The zero-order chi connectivity index (χ0) is 17.8. The summed E-state index contributed by atoms with van der Waals surface area (Å²) in [6.07, 6.45) is 3.10. The van der Waals surface area contributed by atoms with Gasteiger partial charge in [0.25, 0.3) is 11.5 Å². The standard InChI is InChI=1S/C17H17N5O2S/c1-11-16(25-12(2)20-11)14-5-6-15(23)22(21-14)9-8-19-17(24)13-4-3-7-18-10-13/h3-7,10H,8-9H2,1-2H3,(H,19,24). The normalized spacial score (nSPS) is 10.6. The Labute approximate surface area is 148 Å². The van der Waals surface area contributed by atoms with Crippen LogP contribution in [0.25, 0.3) is 10.6 Å². The van der Waals surface area contributed by atoms with Gasteiger partial charge in [-0.1, -0.05) is 0 Å². The molecule has 0 saturated carbocycles. The van der Waals surface area contributed by atoms with Gasteiger partial charge in [0.1, 0.15) is 5.69 Å². The second-order valence-corrected chi connectivity index (χ2v) is 6.63. The third-order valence-electron chi connectivity index (χ3n) is 3.54. The van der Waals surface area contributed by atoms with Crippen molar-refractivity contribution in [3.8, 4) is 10.6 Å². The molecule has 0 aliphatic heterocycles. The van der Waals surface area contributed by atoms with Gasteiger partial charge in [0.15, 0.2) is 0 Å². The largest absolute Gasteiger partial charge is 0.350 e. The van der Waals surface area contributed by atoms with E-state index in [0.717, 1.165) is 15.6 Å². The van der Waals surface area contributed by atoms with Gasteiger partial charge in [-0.25, -0.2) is 9.67 Å². The Balaban J connectivity index is 1.70. The van der Waals surface area contributed by atoms with E-state index in [1.807, 2.05) is 13.8 Å². The lowest BCUT2D eigenvalue weighted by molar-refractivity contribution is 0.0951. The van der Waals surface area contributed by atoms with Crippen LogP contribution in [0.4, 0.5) is 0 Å². The smallest absolute Gasteiger partial charge is 0.266 e. The second kappa shape index (κ2) is 7.35. The fourth-order valence-corrected chi connectivity index (χ4v) is 3.26. The SMILES string of the molecule is Cc1nc(C)c(-c2ccc(=O)n(CCNC(=O)c3cccnc3)n2)s1. The molecule has 0 spiro atoms. The summed E-state index contributed by atoms with van der Waals surface area (Å²) in [5.74, 6) is -0.230. The molecule has 0 aliphatic carbocycles. The van der Waals surface area contributed by atoms with E-state index in [4.69, 9.17) is 0 Å². The van der Waals surface area contributed by atoms with Crippen molar-refractivity contribution >= 4 is 17.2 Å². The molecule has 0 fully saturated rings. The quantitative estimate of drug-likeness (QED) is 0.754. The number of nitrogens with zero attached hydrogens (tertiary/aromatic N) is 4. The third-order valence-corrected chi connectivity index (χ3v) is 4.63. The van der Waals surface area contributed by atoms with Gasteiger partial charge in [0.05, 0.1) is 27.7 Å². The molecule has 0 bridgehead atoms. The van der Waals surface area contributed by atoms with E-state index in [9.17, 15) is 9.59 Å². The van der Waals surface area contributed by atoms with Gasteiger partial charge in [0, 0.05) is 25.0 Å². The molecule has 3 rings (SSSR count). The van der Waals surface area contributed by atoms with Crippen molar-refractivity contribution in [2.45, 2.75) is 20.4 Å². The van der Waals surface area contributed by atoms with Crippen molar-refractivity contribution in [1.29, 1.82) is 0 Å². The van der Waals surface area contributed by atoms with E-state index in [1.165, 1.54) is 16.9 Å². The van der Waals surface area contributed by atoms with Crippen LogP contribution < -0.4 is 10.9 Å². The predicted octanol–water partition coefficient (Wildman–Crippen LogP) is 1.81. The summed E-state index contributed by atoms with van der Waals surface area (Å²) < 4.78 is 1.35. The molecule has 0 unspecified atom stereocenters. The molecule has 3 heterocycles. The van der Waals surface area contributed by atoms with Gasteiger partial charge in [-0.3, -0.25) is 14.6 Å². The van der Waals surface area contributed by atoms with Gasteiger partial charge in [-0.2, -0.15) is 5.10 Å². The highest BCUT2D eigenvalue weighted by atomic mass is 32.1. The Morgan fingerprint density at radius 2 is 2.12 bits per heavy atom. The fourth-order valence-electron chi connectivity index (χ4n) is 2.37. The van der Waals surface area contributed by atoms with Crippen molar-refractivity contribution < 1.29 is 4.79 Å². The molecule has 0 aliphatic rings. The zero-order valence-corrected chi connectivity index (χ0v) is 14.7. The molecule has 8 heteroatoms. The van der Waals surface area contributed by atoms with Crippen LogP contribution >= 0.6 is 11.3 Å². The molecule has 7 nitrogen and oxygen atoms in total. The number of pyridine rings is 1. The Morgan fingerprint density at radius 3 is 2.80 bits per heavy atom. The number of nitrogens with one attached hydrogen (secondary N) is 1. The summed E-state index contributed by atoms with van der Waals surface area (Å²) in [4.78, 5) is 33.2. The highest BCUT2D eigenvalue weighted by Gasteiger charge is 2.11. The lowest BCUT2D eigenvalue weighted by Crippen LogP contribution is -2.32. The van der Waals surface area contributed by atoms with Crippen molar-refractivity contribution in [3.63, 3.8) is 0 Å². The summed E-state index contributed by atoms with van der Waals surface area (Å²) >= 11 is 1.54. The van der Waals surface area contributed by atoms with Crippen LogP contribution in [-0.4, -0.2) is 32.2 Å². The van der Waals surface area contributed by atoms with E-state index in [-0.39, 0.29) is 18.0 Å². The molecule has 3 aromatic rings. The molecule has 25 heavy (non-hydrogen) atoms. The second-order valence-electron chi connectivity index (χ2n) is 5.42. The molecule has 3 aromatic heterocycles. The summed E-state index contributed by atoms with van der Waals surface area (Å²) in [5.41, 5.74) is 1.87. The highest BCUT2D eigenvalue weighted by molar-refractivity contribution is 7.15. The maximum atomic E-state index is 12.0. The number of rotatable bonds is 5. The highest BCUT2D eigenvalue weighted by Crippen LogP contribution is 2.27. The monoisotopic (exact) mass is 355 g/mol. The number of carbonyl (C=O) groups is 1. The van der Waals surface area contributed by atoms with E-state index in [1.54, 1.807) is 35.7 Å². The van der Waals surface area contributed by atoms with Crippen LogP contribution in [-0.2, 0) is 6.54 Å². The minimum atomic E-state index is -0.230. The molecular weight excluding hydrogens is 338 g/mol. The van der Waals surface area contributed by atoms with Crippen molar-refractivity contribution in [1.82, 2.24) is 25.1 Å². The lowest BCUT2D eigenvalue weighted by atomic mass is 10.3. The van der Waals surface area contributed by atoms with Crippen molar-refractivity contribution in [3.05, 3.63) is 63.3 Å².